The van der Waals surface area contributed by atoms with Crippen LogP contribution in [0.4, 0.5) is 11.4 Å². The summed E-state index contributed by atoms with van der Waals surface area (Å²) in [5, 5.41) is 5.95. The lowest BCUT2D eigenvalue weighted by Crippen LogP contribution is -2.21. The predicted octanol–water partition coefficient (Wildman–Crippen LogP) is 4.18. The summed E-state index contributed by atoms with van der Waals surface area (Å²) < 4.78 is 0. The standard InChI is InChI=1S/C21H23N3O/c1-14-6-9-19(12-15(14)2)24-21(25)20(16(3)22-24)13-17-7-10-18(11-8-17)23(4)5/h6-13H,1-5H3/b20-13-. The molecule has 4 heteroatoms. The van der Waals surface area contributed by atoms with Gasteiger partial charge in [-0.25, -0.2) is 0 Å². The highest BCUT2D eigenvalue weighted by molar-refractivity contribution is 6.32. The van der Waals surface area contributed by atoms with E-state index in [1.54, 1.807) is 0 Å². The average Bonchev–Trinajstić information content (AvgIpc) is 2.86. The molecule has 0 aromatic heterocycles. The van der Waals surface area contributed by atoms with E-state index in [4.69, 9.17) is 0 Å². The van der Waals surface area contributed by atoms with Crippen molar-refractivity contribution in [2.24, 2.45) is 5.10 Å². The zero-order chi connectivity index (χ0) is 18.1. The molecule has 4 nitrogen and oxygen atoms in total. The Kier molecular flexibility index (Phi) is 4.45. The summed E-state index contributed by atoms with van der Waals surface area (Å²) in [6.45, 7) is 5.97. The van der Waals surface area contributed by atoms with Crippen LogP contribution in [0.15, 0.2) is 53.1 Å². The van der Waals surface area contributed by atoms with Crippen molar-refractivity contribution < 1.29 is 4.79 Å². The first-order chi connectivity index (χ1) is 11.9. The van der Waals surface area contributed by atoms with Crippen molar-refractivity contribution >= 4 is 29.1 Å². The third-order valence-electron chi connectivity index (χ3n) is 4.52. The predicted molar refractivity (Wildman–Crippen MR) is 105 cm³/mol. The van der Waals surface area contributed by atoms with Crippen LogP contribution in [0.3, 0.4) is 0 Å². The normalized spacial score (nSPS) is 15.7. The molecule has 0 saturated heterocycles. The Balaban J connectivity index is 1.90. The van der Waals surface area contributed by atoms with Gasteiger partial charge in [-0.05, 0) is 67.8 Å². The van der Waals surface area contributed by atoms with Crippen LogP contribution in [-0.2, 0) is 4.79 Å². The van der Waals surface area contributed by atoms with Crippen molar-refractivity contribution in [2.45, 2.75) is 20.8 Å². The minimum atomic E-state index is -0.0857. The Bertz CT molecular complexity index is 877. The Morgan fingerprint density at radius 3 is 2.24 bits per heavy atom. The van der Waals surface area contributed by atoms with Gasteiger partial charge >= 0.3 is 0 Å². The fourth-order valence-electron chi connectivity index (χ4n) is 2.75. The fraction of sp³-hybridized carbons (Fsp3) is 0.238. The maximum absolute atomic E-state index is 12.8. The van der Waals surface area contributed by atoms with Crippen LogP contribution in [0.5, 0.6) is 0 Å². The van der Waals surface area contributed by atoms with E-state index in [-0.39, 0.29) is 5.91 Å². The van der Waals surface area contributed by atoms with Crippen molar-refractivity contribution in [1.29, 1.82) is 0 Å². The van der Waals surface area contributed by atoms with Crippen LogP contribution in [0, 0.1) is 13.8 Å². The Morgan fingerprint density at radius 2 is 1.64 bits per heavy atom. The molecule has 0 fully saturated rings. The summed E-state index contributed by atoms with van der Waals surface area (Å²) in [6, 6.07) is 14.1. The molecule has 1 aliphatic rings. The van der Waals surface area contributed by atoms with Crippen molar-refractivity contribution in [3.63, 3.8) is 0 Å². The van der Waals surface area contributed by atoms with E-state index in [0.29, 0.717) is 5.57 Å². The van der Waals surface area contributed by atoms with Crippen molar-refractivity contribution in [2.75, 3.05) is 24.0 Å². The highest BCUT2D eigenvalue weighted by atomic mass is 16.2. The molecule has 2 aromatic carbocycles. The number of carbonyl (C=O) groups is 1. The molecule has 1 amide bonds. The van der Waals surface area contributed by atoms with Crippen LogP contribution >= 0.6 is 0 Å². The maximum atomic E-state index is 12.8. The van der Waals surface area contributed by atoms with Crippen LogP contribution in [0.1, 0.15) is 23.6 Å². The smallest absolute Gasteiger partial charge is 0.280 e. The molecule has 2 aromatic rings. The summed E-state index contributed by atoms with van der Waals surface area (Å²) in [4.78, 5) is 14.9. The topological polar surface area (TPSA) is 35.9 Å². The van der Waals surface area contributed by atoms with E-state index in [1.807, 2.05) is 81.4 Å². The lowest BCUT2D eigenvalue weighted by Gasteiger charge is -2.13. The molecule has 0 spiro atoms. The molecular formula is C21H23N3O. The molecule has 3 rings (SSSR count). The highest BCUT2D eigenvalue weighted by Crippen LogP contribution is 2.27. The van der Waals surface area contributed by atoms with E-state index in [2.05, 4.69) is 12.0 Å². The number of amides is 1. The quantitative estimate of drug-likeness (QED) is 0.790. The first kappa shape index (κ1) is 17.0. The van der Waals surface area contributed by atoms with Gasteiger partial charge in [-0.15, -0.1) is 0 Å². The number of benzene rings is 2. The summed E-state index contributed by atoms with van der Waals surface area (Å²) in [6.07, 6.45) is 1.90. The molecule has 25 heavy (non-hydrogen) atoms. The van der Waals surface area contributed by atoms with Gasteiger partial charge < -0.3 is 4.90 Å². The van der Waals surface area contributed by atoms with Gasteiger partial charge in [-0.3, -0.25) is 4.79 Å². The van der Waals surface area contributed by atoms with Crippen molar-refractivity contribution in [1.82, 2.24) is 0 Å². The van der Waals surface area contributed by atoms with E-state index in [1.165, 1.54) is 10.6 Å². The molecule has 0 atom stereocenters. The number of hydrogen-bond donors (Lipinski definition) is 0. The number of anilines is 2. The maximum Gasteiger partial charge on any atom is 0.280 e. The van der Waals surface area contributed by atoms with Crippen LogP contribution in [0.2, 0.25) is 0 Å². The second-order valence-corrected chi connectivity index (χ2v) is 6.61. The molecule has 128 valence electrons. The van der Waals surface area contributed by atoms with Gasteiger partial charge in [0.2, 0.25) is 0 Å². The average molecular weight is 333 g/mol. The molecule has 0 N–H and O–H groups in total. The van der Waals surface area contributed by atoms with E-state index in [9.17, 15) is 4.79 Å². The molecule has 0 radical (unpaired) electrons. The van der Waals surface area contributed by atoms with E-state index < -0.39 is 0 Å². The Hall–Kier alpha value is -2.88. The number of hydrogen-bond acceptors (Lipinski definition) is 3. The lowest BCUT2D eigenvalue weighted by atomic mass is 10.1. The number of rotatable bonds is 3. The van der Waals surface area contributed by atoms with Crippen LogP contribution in [0.25, 0.3) is 6.08 Å². The van der Waals surface area contributed by atoms with Crippen molar-refractivity contribution in [3.8, 4) is 0 Å². The molecule has 0 bridgehead atoms. The number of carbonyl (C=O) groups excluding carboxylic acids is 1. The third-order valence-corrected chi connectivity index (χ3v) is 4.52. The molecule has 1 heterocycles. The van der Waals surface area contributed by atoms with Crippen molar-refractivity contribution in [3.05, 3.63) is 64.7 Å². The van der Waals surface area contributed by atoms with Gasteiger partial charge in [0.05, 0.1) is 17.0 Å². The van der Waals surface area contributed by atoms with Crippen LogP contribution < -0.4 is 9.91 Å². The van der Waals surface area contributed by atoms with Gasteiger partial charge in [0.25, 0.3) is 5.91 Å². The number of aryl methyl sites for hydroxylation is 2. The molecule has 0 saturated carbocycles. The molecule has 1 aliphatic heterocycles. The Morgan fingerprint density at radius 1 is 0.960 bits per heavy atom. The van der Waals surface area contributed by atoms with E-state index >= 15 is 0 Å². The summed E-state index contributed by atoms with van der Waals surface area (Å²) >= 11 is 0. The first-order valence-corrected chi connectivity index (χ1v) is 8.33. The second kappa shape index (κ2) is 6.55. The number of nitrogens with zero attached hydrogens (tertiary/aromatic N) is 3. The largest absolute Gasteiger partial charge is 0.378 e. The molecule has 0 unspecified atom stereocenters. The summed E-state index contributed by atoms with van der Waals surface area (Å²) in [7, 11) is 4.01. The minimum absolute atomic E-state index is 0.0857. The zero-order valence-electron chi connectivity index (χ0n) is 15.4. The third kappa shape index (κ3) is 3.33. The first-order valence-electron chi connectivity index (χ1n) is 8.33. The molecule has 0 aliphatic carbocycles. The monoisotopic (exact) mass is 333 g/mol. The van der Waals surface area contributed by atoms with Crippen LogP contribution in [-0.4, -0.2) is 25.7 Å². The van der Waals surface area contributed by atoms with Gasteiger partial charge in [-0.1, -0.05) is 18.2 Å². The highest BCUT2D eigenvalue weighted by Gasteiger charge is 2.28. The van der Waals surface area contributed by atoms with Gasteiger partial charge in [0, 0.05) is 19.8 Å². The van der Waals surface area contributed by atoms with Gasteiger partial charge in [0.15, 0.2) is 0 Å². The number of hydrazone groups is 1. The molecular weight excluding hydrogens is 310 g/mol. The summed E-state index contributed by atoms with van der Waals surface area (Å²) in [5.74, 6) is -0.0857. The minimum Gasteiger partial charge on any atom is -0.378 e. The summed E-state index contributed by atoms with van der Waals surface area (Å²) in [5.41, 5.74) is 6.64. The SMILES string of the molecule is CC1=NN(c2ccc(C)c(C)c2)C(=O)/C1=C\c1ccc(N(C)C)cc1. The Labute approximate surface area is 149 Å². The second-order valence-electron chi connectivity index (χ2n) is 6.61. The van der Waals surface area contributed by atoms with Gasteiger partial charge in [0.1, 0.15) is 0 Å². The fourth-order valence-corrected chi connectivity index (χ4v) is 2.75. The van der Waals surface area contributed by atoms with E-state index in [0.717, 1.165) is 28.2 Å². The zero-order valence-corrected chi connectivity index (χ0v) is 15.4. The van der Waals surface area contributed by atoms with Gasteiger partial charge in [-0.2, -0.15) is 10.1 Å². The lowest BCUT2D eigenvalue weighted by molar-refractivity contribution is -0.114.